The number of aliphatic hydroxyl groups excluding tert-OH is 1. The van der Waals surface area contributed by atoms with Crippen molar-refractivity contribution in [2.24, 2.45) is 0 Å². The molecule has 0 aliphatic carbocycles. The summed E-state index contributed by atoms with van der Waals surface area (Å²) >= 11 is 0. The minimum atomic E-state index is -0.548. The average Bonchev–Trinajstić information content (AvgIpc) is 3.10. The van der Waals surface area contributed by atoms with Crippen molar-refractivity contribution >= 4 is 0 Å². The first-order valence-corrected chi connectivity index (χ1v) is 8.34. The number of nitrogens with zero attached hydrogens (tertiary/aromatic N) is 4. The molecule has 1 aromatic heterocycles. The van der Waals surface area contributed by atoms with Gasteiger partial charge in [0.25, 0.3) is 0 Å². The maximum Gasteiger partial charge on any atom is 0.163 e. The van der Waals surface area contributed by atoms with E-state index in [0.717, 1.165) is 24.7 Å². The Balaban J connectivity index is 1.50. The summed E-state index contributed by atoms with van der Waals surface area (Å²) in [4.78, 5) is 2.18. The highest BCUT2D eigenvalue weighted by atomic mass is 16.5. The second-order valence-electron chi connectivity index (χ2n) is 5.87. The molecule has 2 atom stereocenters. The quantitative estimate of drug-likeness (QED) is 0.819. The zero-order valence-electron chi connectivity index (χ0n) is 13.9. The molecule has 1 aromatic carbocycles. The lowest BCUT2D eigenvalue weighted by Gasteiger charge is -2.33. The van der Waals surface area contributed by atoms with Crippen molar-refractivity contribution in [1.82, 2.24) is 19.7 Å². The highest BCUT2D eigenvalue weighted by Crippen LogP contribution is 2.20. The molecule has 0 bridgehead atoms. The highest BCUT2D eigenvalue weighted by molar-refractivity contribution is 5.20. The summed E-state index contributed by atoms with van der Waals surface area (Å²) in [6.07, 6.45) is 1.07. The van der Waals surface area contributed by atoms with Crippen LogP contribution in [-0.2, 0) is 11.3 Å². The smallest absolute Gasteiger partial charge is 0.163 e. The van der Waals surface area contributed by atoms with E-state index < -0.39 is 6.10 Å². The van der Waals surface area contributed by atoms with Crippen molar-refractivity contribution in [1.29, 1.82) is 0 Å². The van der Waals surface area contributed by atoms with Crippen molar-refractivity contribution in [2.75, 3.05) is 32.8 Å². The van der Waals surface area contributed by atoms with Gasteiger partial charge in [0.2, 0.25) is 0 Å². The summed E-state index contributed by atoms with van der Waals surface area (Å²) in [6.45, 7) is 5.80. The Hall–Kier alpha value is -1.96. The molecule has 2 heterocycles. The third-order valence-electron chi connectivity index (χ3n) is 4.08. The van der Waals surface area contributed by atoms with Crippen LogP contribution in [-0.4, -0.2) is 63.7 Å². The molecule has 1 aliphatic heterocycles. The van der Waals surface area contributed by atoms with Gasteiger partial charge in [-0.3, -0.25) is 4.90 Å². The molecule has 0 unspecified atom stereocenters. The van der Waals surface area contributed by atoms with E-state index in [1.165, 1.54) is 0 Å². The van der Waals surface area contributed by atoms with Gasteiger partial charge in [-0.1, -0.05) is 18.2 Å². The molecule has 1 saturated heterocycles. The van der Waals surface area contributed by atoms with Gasteiger partial charge >= 0.3 is 0 Å². The van der Waals surface area contributed by atoms with Gasteiger partial charge < -0.3 is 19.1 Å². The summed E-state index contributed by atoms with van der Waals surface area (Å²) < 4.78 is 13.4. The normalized spacial score (nSPS) is 20.0. The predicted molar refractivity (Wildman–Crippen MR) is 88.8 cm³/mol. The Kier molecular flexibility index (Phi) is 5.79. The third-order valence-corrected chi connectivity index (χ3v) is 4.08. The lowest BCUT2D eigenvalue weighted by atomic mass is 10.2. The Morgan fingerprint density at radius 2 is 2.21 bits per heavy atom. The van der Waals surface area contributed by atoms with E-state index in [1.54, 1.807) is 6.33 Å². The lowest BCUT2D eigenvalue weighted by Crippen LogP contribution is -2.44. The van der Waals surface area contributed by atoms with E-state index in [4.69, 9.17) is 9.47 Å². The van der Waals surface area contributed by atoms with Gasteiger partial charge in [-0.15, -0.1) is 10.2 Å². The Morgan fingerprint density at radius 1 is 1.38 bits per heavy atom. The van der Waals surface area contributed by atoms with Crippen LogP contribution in [0.2, 0.25) is 0 Å². The average molecular weight is 332 g/mol. The topological polar surface area (TPSA) is 72.6 Å². The number of β-amino-alcohol motifs (C(OH)–C–C–N with tert-alkyl or cyclic N) is 1. The fourth-order valence-corrected chi connectivity index (χ4v) is 2.84. The Bertz CT molecular complexity index is 619. The zero-order chi connectivity index (χ0) is 16.8. The molecule has 7 heteroatoms. The molecule has 1 N–H and O–H groups in total. The van der Waals surface area contributed by atoms with E-state index in [9.17, 15) is 5.11 Å². The SMILES string of the molecule is CCn1cnnc1[C@H]1CN(C[C@@H](O)COc2ccccc2)CCO1. The minimum Gasteiger partial charge on any atom is -0.491 e. The van der Waals surface area contributed by atoms with E-state index in [2.05, 4.69) is 22.0 Å². The molecule has 1 aliphatic rings. The van der Waals surface area contributed by atoms with Crippen molar-refractivity contribution in [3.63, 3.8) is 0 Å². The molecule has 2 aromatic rings. The van der Waals surface area contributed by atoms with Crippen LogP contribution in [0, 0.1) is 0 Å². The van der Waals surface area contributed by atoms with Crippen LogP contribution in [0.4, 0.5) is 0 Å². The summed E-state index contributed by atoms with van der Waals surface area (Å²) in [5, 5.41) is 18.4. The molecule has 1 fully saturated rings. The standard InChI is InChI=1S/C17H24N4O3/c1-2-21-13-18-19-17(21)16-11-20(8-9-23-16)10-14(22)12-24-15-6-4-3-5-7-15/h3-7,13-14,16,22H,2,8-12H2,1H3/t14-,16-/m1/s1. The van der Waals surface area contributed by atoms with Crippen LogP contribution < -0.4 is 4.74 Å². The minimum absolute atomic E-state index is 0.108. The molecular weight excluding hydrogens is 308 g/mol. The third kappa shape index (κ3) is 4.31. The van der Waals surface area contributed by atoms with Crippen LogP contribution in [0.3, 0.4) is 0 Å². The number of hydrogen-bond acceptors (Lipinski definition) is 6. The van der Waals surface area contributed by atoms with Gasteiger partial charge in [-0.2, -0.15) is 0 Å². The maximum absolute atomic E-state index is 10.2. The number of aliphatic hydroxyl groups is 1. The number of aryl methyl sites for hydroxylation is 1. The molecule has 3 rings (SSSR count). The van der Waals surface area contributed by atoms with Gasteiger partial charge in [0.15, 0.2) is 5.82 Å². The van der Waals surface area contributed by atoms with Gasteiger partial charge in [0.05, 0.1) is 6.61 Å². The number of hydrogen-bond donors (Lipinski definition) is 1. The van der Waals surface area contributed by atoms with Gasteiger partial charge in [0, 0.05) is 26.2 Å². The number of ether oxygens (including phenoxy) is 2. The predicted octanol–water partition coefficient (Wildman–Crippen LogP) is 1.11. The maximum atomic E-state index is 10.2. The zero-order valence-corrected chi connectivity index (χ0v) is 13.9. The molecule has 7 nitrogen and oxygen atoms in total. The Morgan fingerprint density at radius 3 is 3.00 bits per heavy atom. The second-order valence-corrected chi connectivity index (χ2v) is 5.87. The van der Waals surface area contributed by atoms with E-state index >= 15 is 0 Å². The van der Waals surface area contributed by atoms with Gasteiger partial charge in [-0.25, -0.2) is 0 Å². The number of rotatable bonds is 7. The molecule has 130 valence electrons. The number of aromatic nitrogens is 3. The first kappa shape index (κ1) is 16.9. The van der Waals surface area contributed by atoms with E-state index in [1.807, 2.05) is 34.9 Å². The van der Waals surface area contributed by atoms with Crippen molar-refractivity contribution in [3.8, 4) is 5.75 Å². The van der Waals surface area contributed by atoms with E-state index in [-0.39, 0.29) is 12.7 Å². The molecule has 0 saturated carbocycles. The first-order chi connectivity index (χ1) is 11.8. The lowest BCUT2D eigenvalue weighted by molar-refractivity contribution is -0.0508. The molecule has 0 radical (unpaired) electrons. The van der Waals surface area contributed by atoms with Crippen LogP contribution >= 0.6 is 0 Å². The van der Waals surface area contributed by atoms with Gasteiger partial charge in [-0.05, 0) is 19.1 Å². The van der Waals surface area contributed by atoms with Gasteiger partial charge in [0.1, 0.15) is 30.9 Å². The highest BCUT2D eigenvalue weighted by Gasteiger charge is 2.27. The second kappa shape index (κ2) is 8.23. The van der Waals surface area contributed by atoms with Crippen molar-refractivity contribution in [2.45, 2.75) is 25.7 Å². The largest absolute Gasteiger partial charge is 0.491 e. The number of benzene rings is 1. The Labute approximate surface area is 141 Å². The van der Waals surface area contributed by atoms with Crippen LogP contribution in [0.15, 0.2) is 36.7 Å². The summed E-state index contributed by atoms with van der Waals surface area (Å²) in [6, 6.07) is 9.53. The van der Waals surface area contributed by atoms with Crippen LogP contribution in [0.1, 0.15) is 18.9 Å². The van der Waals surface area contributed by atoms with Crippen LogP contribution in [0.5, 0.6) is 5.75 Å². The van der Waals surface area contributed by atoms with Crippen molar-refractivity contribution < 1.29 is 14.6 Å². The molecule has 0 spiro atoms. The van der Waals surface area contributed by atoms with Crippen LogP contribution in [0.25, 0.3) is 0 Å². The van der Waals surface area contributed by atoms with Crippen molar-refractivity contribution in [3.05, 3.63) is 42.5 Å². The monoisotopic (exact) mass is 332 g/mol. The first-order valence-electron chi connectivity index (χ1n) is 8.34. The molecular formula is C17H24N4O3. The summed E-state index contributed by atoms with van der Waals surface area (Å²) in [5.41, 5.74) is 0. The summed E-state index contributed by atoms with van der Waals surface area (Å²) in [5.74, 6) is 1.62. The fourth-order valence-electron chi connectivity index (χ4n) is 2.84. The molecule has 0 amide bonds. The summed E-state index contributed by atoms with van der Waals surface area (Å²) in [7, 11) is 0. The number of morpholine rings is 1. The fraction of sp³-hybridized carbons (Fsp3) is 0.529. The molecule has 24 heavy (non-hydrogen) atoms. The van der Waals surface area contributed by atoms with E-state index in [0.29, 0.717) is 19.7 Å². The number of para-hydroxylation sites is 1.